The first-order chi connectivity index (χ1) is 11.0. The van der Waals surface area contributed by atoms with Crippen molar-refractivity contribution in [3.05, 3.63) is 53.9 Å². The number of H-pyrrole nitrogens is 1. The molecule has 2 aromatic heterocycles. The normalized spacial score (nSPS) is 11.9. The van der Waals surface area contributed by atoms with Gasteiger partial charge in [0.05, 0.1) is 17.7 Å². The number of allylic oxidation sites excluding steroid dienone is 1. The van der Waals surface area contributed by atoms with Gasteiger partial charge in [0.25, 0.3) is 0 Å². The lowest BCUT2D eigenvalue weighted by Crippen LogP contribution is -2.14. The van der Waals surface area contributed by atoms with Gasteiger partial charge in [0, 0.05) is 11.6 Å². The van der Waals surface area contributed by atoms with Crippen LogP contribution in [0.5, 0.6) is 0 Å². The van der Waals surface area contributed by atoms with Crippen molar-refractivity contribution in [2.24, 2.45) is 0 Å². The molecule has 0 spiro atoms. The third-order valence-corrected chi connectivity index (χ3v) is 3.98. The minimum Gasteiger partial charge on any atom is -0.261 e. The number of rotatable bonds is 3. The van der Waals surface area contributed by atoms with Crippen LogP contribution in [0.25, 0.3) is 28.2 Å². The summed E-state index contributed by atoms with van der Waals surface area (Å²) in [5.41, 5.74) is 4.42. The van der Waals surface area contributed by atoms with Crippen LogP contribution in [0.2, 0.25) is 0 Å². The largest absolute Gasteiger partial charge is 0.261 e. The summed E-state index contributed by atoms with van der Waals surface area (Å²) in [6.45, 7) is 5.86. The maximum Gasteiger partial charge on any atom is 0.155 e. The number of aromatic nitrogens is 3. The van der Waals surface area contributed by atoms with Crippen LogP contribution >= 0.6 is 0 Å². The van der Waals surface area contributed by atoms with Crippen LogP contribution in [0.3, 0.4) is 0 Å². The molecule has 1 aromatic carbocycles. The van der Waals surface area contributed by atoms with Crippen molar-refractivity contribution in [2.75, 3.05) is 0 Å². The molecule has 0 saturated heterocycles. The molecule has 0 aliphatic rings. The van der Waals surface area contributed by atoms with Crippen LogP contribution in [0, 0.1) is 11.3 Å². The lowest BCUT2D eigenvalue weighted by atomic mass is 9.83. The van der Waals surface area contributed by atoms with Crippen LogP contribution in [0.1, 0.15) is 31.9 Å². The predicted octanol–water partition coefficient (Wildman–Crippen LogP) is 4.46. The van der Waals surface area contributed by atoms with E-state index in [-0.39, 0.29) is 0 Å². The van der Waals surface area contributed by atoms with Crippen molar-refractivity contribution >= 4 is 17.1 Å². The number of hydrogen-bond acceptors (Lipinski definition) is 3. The first-order valence-corrected chi connectivity index (χ1v) is 7.53. The number of fused-ring (bicyclic) bond motifs is 1. The Morgan fingerprint density at radius 1 is 1.26 bits per heavy atom. The highest BCUT2D eigenvalue weighted by molar-refractivity contribution is 5.92. The molecule has 3 rings (SSSR count). The molecule has 3 aromatic rings. The molecule has 0 atom stereocenters. The molecule has 0 amide bonds. The Bertz CT molecular complexity index is 926. The average molecular weight is 302 g/mol. The summed E-state index contributed by atoms with van der Waals surface area (Å²) < 4.78 is 0. The van der Waals surface area contributed by atoms with E-state index >= 15 is 0 Å². The van der Waals surface area contributed by atoms with Crippen molar-refractivity contribution < 1.29 is 0 Å². The Hall–Kier alpha value is -2.93. The van der Waals surface area contributed by atoms with Gasteiger partial charge < -0.3 is 0 Å². The molecular weight excluding hydrogens is 284 g/mol. The van der Waals surface area contributed by atoms with Gasteiger partial charge in [-0.15, -0.1) is 0 Å². The third kappa shape index (κ3) is 2.74. The van der Waals surface area contributed by atoms with Gasteiger partial charge in [-0.1, -0.05) is 18.2 Å². The fourth-order valence-corrected chi connectivity index (χ4v) is 2.62. The first kappa shape index (κ1) is 15.0. The highest BCUT2D eigenvalue weighted by Gasteiger charge is 2.21. The number of pyridine rings is 1. The summed E-state index contributed by atoms with van der Waals surface area (Å²) >= 11 is 0. The van der Waals surface area contributed by atoms with E-state index in [9.17, 15) is 5.26 Å². The first-order valence-electron chi connectivity index (χ1n) is 7.53. The van der Waals surface area contributed by atoms with Crippen molar-refractivity contribution in [3.8, 4) is 17.2 Å². The SMILES string of the molecule is CC=Cc1cc(-c2ccnc3[nH]ncc23)cc(C(C)(C)C#N)c1. The molecule has 23 heavy (non-hydrogen) atoms. The number of aromatic amines is 1. The van der Waals surface area contributed by atoms with E-state index in [0.29, 0.717) is 0 Å². The van der Waals surface area contributed by atoms with Crippen LogP contribution in [0.4, 0.5) is 0 Å². The van der Waals surface area contributed by atoms with Gasteiger partial charge in [0.15, 0.2) is 5.65 Å². The number of hydrogen-bond donors (Lipinski definition) is 1. The maximum atomic E-state index is 9.48. The molecule has 0 bridgehead atoms. The molecule has 1 N–H and O–H groups in total. The Kier molecular flexibility index (Phi) is 3.71. The van der Waals surface area contributed by atoms with Gasteiger partial charge in [-0.2, -0.15) is 10.4 Å². The predicted molar refractivity (Wildman–Crippen MR) is 92.7 cm³/mol. The number of nitriles is 1. The Labute approximate surface area is 135 Å². The molecule has 0 unspecified atom stereocenters. The quantitative estimate of drug-likeness (QED) is 0.776. The molecular formula is C19H18N4. The molecule has 0 aliphatic carbocycles. The molecule has 4 heteroatoms. The second kappa shape index (κ2) is 5.69. The summed E-state index contributed by atoms with van der Waals surface area (Å²) in [6.07, 6.45) is 7.61. The van der Waals surface area contributed by atoms with E-state index in [1.54, 1.807) is 12.4 Å². The van der Waals surface area contributed by atoms with Gasteiger partial charge in [-0.25, -0.2) is 4.98 Å². The van der Waals surface area contributed by atoms with E-state index in [2.05, 4.69) is 39.4 Å². The van der Waals surface area contributed by atoms with E-state index in [0.717, 1.165) is 33.3 Å². The standard InChI is InChI=1S/C19H18N4/c1-4-5-13-8-14(10-15(9-13)19(2,3)12-20)16-6-7-21-18-17(16)11-22-23-18/h4-11H,1-3H3,(H,21,22,23). The molecule has 0 radical (unpaired) electrons. The Morgan fingerprint density at radius 3 is 2.83 bits per heavy atom. The fourth-order valence-electron chi connectivity index (χ4n) is 2.62. The molecule has 114 valence electrons. The second-order valence-electron chi connectivity index (χ2n) is 6.07. The van der Waals surface area contributed by atoms with Crippen molar-refractivity contribution in [2.45, 2.75) is 26.2 Å². The van der Waals surface area contributed by atoms with Gasteiger partial charge in [0.1, 0.15) is 0 Å². The zero-order chi connectivity index (χ0) is 16.4. The lowest BCUT2D eigenvalue weighted by molar-refractivity contribution is 0.687. The van der Waals surface area contributed by atoms with E-state index in [1.165, 1.54) is 0 Å². The summed E-state index contributed by atoms with van der Waals surface area (Å²) in [5.74, 6) is 0. The van der Waals surface area contributed by atoms with Gasteiger partial charge in [-0.3, -0.25) is 5.10 Å². The van der Waals surface area contributed by atoms with E-state index in [1.807, 2.05) is 39.0 Å². The number of nitrogens with one attached hydrogen (secondary N) is 1. The van der Waals surface area contributed by atoms with Crippen LogP contribution in [-0.2, 0) is 5.41 Å². The minimum absolute atomic E-state index is 0.547. The fraction of sp³-hybridized carbons (Fsp3) is 0.211. The lowest BCUT2D eigenvalue weighted by Gasteiger charge is -2.18. The van der Waals surface area contributed by atoms with Gasteiger partial charge in [-0.05, 0) is 61.2 Å². The second-order valence-corrected chi connectivity index (χ2v) is 6.07. The van der Waals surface area contributed by atoms with Gasteiger partial charge in [0.2, 0.25) is 0 Å². The minimum atomic E-state index is -0.547. The zero-order valence-corrected chi connectivity index (χ0v) is 13.5. The van der Waals surface area contributed by atoms with E-state index in [4.69, 9.17) is 0 Å². The number of benzene rings is 1. The molecule has 4 nitrogen and oxygen atoms in total. The summed E-state index contributed by atoms with van der Waals surface area (Å²) in [4.78, 5) is 4.29. The van der Waals surface area contributed by atoms with Crippen molar-refractivity contribution in [3.63, 3.8) is 0 Å². The van der Waals surface area contributed by atoms with Crippen LogP contribution in [0.15, 0.2) is 42.7 Å². The molecule has 0 saturated carbocycles. The van der Waals surface area contributed by atoms with E-state index < -0.39 is 5.41 Å². The number of nitrogens with zero attached hydrogens (tertiary/aromatic N) is 3. The summed E-state index contributed by atoms with van der Waals surface area (Å²) in [7, 11) is 0. The molecule has 0 fully saturated rings. The third-order valence-electron chi connectivity index (χ3n) is 3.98. The zero-order valence-electron chi connectivity index (χ0n) is 13.5. The summed E-state index contributed by atoms with van der Waals surface area (Å²) in [5, 5.41) is 17.4. The maximum absolute atomic E-state index is 9.48. The summed E-state index contributed by atoms with van der Waals surface area (Å²) in [6, 6.07) is 10.6. The Balaban J connectivity index is 2.27. The van der Waals surface area contributed by atoms with Crippen molar-refractivity contribution in [1.82, 2.24) is 15.2 Å². The Morgan fingerprint density at radius 2 is 2.09 bits per heavy atom. The van der Waals surface area contributed by atoms with Crippen LogP contribution in [-0.4, -0.2) is 15.2 Å². The van der Waals surface area contributed by atoms with Crippen LogP contribution < -0.4 is 0 Å². The van der Waals surface area contributed by atoms with Gasteiger partial charge >= 0.3 is 0 Å². The smallest absolute Gasteiger partial charge is 0.155 e. The van der Waals surface area contributed by atoms with Crippen molar-refractivity contribution in [1.29, 1.82) is 5.26 Å². The molecule has 0 aliphatic heterocycles. The molecule has 2 heterocycles. The highest BCUT2D eigenvalue weighted by atomic mass is 15.1. The average Bonchev–Trinajstić information content (AvgIpc) is 3.03. The highest BCUT2D eigenvalue weighted by Crippen LogP contribution is 2.32. The monoisotopic (exact) mass is 302 g/mol. The topological polar surface area (TPSA) is 65.4 Å².